The van der Waals surface area contributed by atoms with E-state index in [1.807, 2.05) is 48.0 Å². The normalized spacial score (nSPS) is 15.3. The number of piperidine rings is 1. The number of aromatic nitrogens is 2. The number of allylic oxidation sites excluding steroid dienone is 2. The summed E-state index contributed by atoms with van der Waals surface area (Å²) in [5.74, 6) is 1.61. The Labute approximate surface area is 235 Å². The fourth-order valence-corrected chi connectivity index (χ4v) is 5.17. The maximum Gasteiger partial charge on any atom is 0.272 e. The second-order valence-electron chi connectivity index (χ2n) is 11.2. The zero-order valence-corrected chi connectivity index (χ0v) is 23.8. The highest BCUT2D eigenvalue weighted by Gasteiger charge is 2.29. The van der Waals surface area contributed by atoms with Gasteiger partial charge in [0.15, 0.2) is 5.75 Å². The lowest BCUT2D eigenvalue weighted by atomic mass is 9.86. The maximum absolute atomic E-state index is 13.8. The molecule has 1 saturated heterocycles. The van der Waals surface area contributed by atoms with E-state index in [0.29, 0.717) is 53.7 Å². The SMILES string of the molecule is COc1c(NC(=O)c2cc3c(n2C)C(Oc2ccncc2)=CCC=C3)cc(C(C)(C)C)cc1N1CCCCC1=O. The number of hydrogen-bond acceptors (Lipinski definition) is 5. The van der Waals surface area contributed by atoms with E-state index in [4.69, 9.17) is 9.47 Å². The molecule has 208 valence electrons. The Hall–Kier alpha value is -4.33. The summed E-state index contributed by atoms with van der Waals surface area (Å²) in [4.78, 5) is 32.5. The monoisotopic (exact) mass is 540 g/mol. The molecular formula is C32H36N4O4. The number of nitrogens with one attached hydrogen (secondary N) is 1. The average molecular weight is 541 g/mol. The zero-order valence-electron chi connectivity index (χ0n) is 23.8. The summed E-state index contributed by atoms with van der Waals surface area (Å²) in [5, 5.41) is 3.10. The predicted octanol–water partition coefficient (Wildman–Crippen LogP) is 6.33. The fraction of sp³-hybridized carbons (Fsp3) is 0.344. The van der Waals surface area contributed by atoms with E-state index in [1.54, 1.807) is 36.5 Å². The molecule has 0 unspecified atom stereocenters. The van der Waals surface area contributed by atoms with E-state index in [0.717, 1.165) is 29.7 Å². The Kier molecular flexibility index (Phi) is 7.52. The number of ether oxygens (including phenoxy) is 2. The highest BCUT2D eigenvalue weighted by atomic mass is 16.5. The van der Waals surface area contributed by atoms with Crippen LogP contribution in [0, 0.1) is 0 Å². The molecule has 0 spiro atoms. The van der Waals surface area contributed by atoms with Crippen molar-refractivity contribution in [1.82, 2.24) is 9.55 Å². The van der Waals surface area contributed by atoms with Crippen molar-refractivity contribution >= 4 is 35.0 Å². The van der Waals surface area contributed by atoms with Gasteiger partial charge in [-0.05, 0) is 66.6 Å². The summed E-state index contributed by atoms with van der Waals surface area (Å²) < 4.78 is 13.9. The summed E-state index contributed by atoms with van der Waals surface area (Å²) >= 11 is 0. The molecule has 2 amide bonds. The summed E-state index contributed by atoms with van der Waals surface area (Å²) in [6.45, 7) is 6.96. The van der Waals surface area contributed by atoms with Crippen molar-refractivity contribution in [3.63, 3.8) is 0 Å². The van der Waals surface area contributed by atoms with Gasteiger partial charge < -0.3 is 24.3 Å². The summed E-state index contributed by atoms with van der Waals surface area (Å²) in [5.41, 5.74) is 4.18. The second-order valence-corrected chi connectivity index (χ2v) is 11.2. The molecule has 5 rings (SSSR count). The molecule has 1 aromatic carbocycles. The second kappa shape index (κ2) is 11.0. The van der Waals surface area contributed by atoms with Crippen LogP contribution in [0.1, 0.15) is 73.8 Å². The first kappa shape index (κ1) is 27.2. The van der Waals surface area contributed by atoms with Crippen molar-refractivity contribution in [2.45, 2.75) is 51.9 Å². The summed E-state index contributed by atoms with van der Waals surface area (Å²) in [6.07, 6.45) is 12.4. The van der Waals surface area contributed by atoms with Gasteiger partial charge in [-0.15, -0.1) is 0 Å². The number of carbonyl (C=O) groups is 2. The lowest BCUT2D eigenvalue weighted by Crippen LogP contribution is -2.36. The molecule has 2 aromatic heterocycles. The number of rotatable bonds is 6. The first-order valence-corrected chi connectivity index (χ1v) is 13.7. The van der Waals surface area contributed by atoms with E-state index < -0.39 is 0 Å². The lowest BCUT2D eigenvalue weighted by Gasteiger charge is -2.31. The Morgan fingerprint density at radius 2 is 1.88 bits per heavy atom. The zero-order chi connectivity index (χ0) is 28.4. The van der Waals surface area contributed by atoms with Gasteiger partial charge in [-0.2, -0.15) is 0 Å². The lowest BCUT2D eigenvalue weighted by molar-refractivity contribution is -0.119. The number of nitrogens with zero attached hydrogens (tertiary/aromatic N) is 3. The predicted molar refractivity (Wildman–Crippen MR) is 158 cm³/mol. The van der Waals surface area contributed by atoms with E-state index in [2.05, 4.69) is 31.1 Å². The van der Waals surface area contributed by atoms with Gasteiger partial charge in [-0.3, -0.25) is 14.6 Å². The molecule has 1 fully saturated rings. The Morgan fingerprint density at radius 3 is 2.58 bits per heavy atom. The van der Waals surface area contributed by atoms with Gasteiger partial charge in [0.05, 0.1) is 24.2 Å². The van der Waals surface area contributed by atoms with Crippen LogP contribution in [0.3, 0.4) is 0 Å². The molecule has 8 nitrogen and oxygen atoms in total. The van der Waals surface area contributed by atoms with Crippen molar-refractivity contribution in [2.24, 2.45) is 7.05 Å². The number of amides is 2. The third kappa shape index (κ3) is 5.39. The number of methoxy groups -OCH3 is 1. The third-order valence-corrected chi connectivity index (χ3v) is 7.34. The molecule has 0 radical (unpaired) electrons. The highest BCUT2D eigenvalue weighted by molar-refractivity contribution is 6.06. The van der Waals surface area contributed by atoms with Gasteiger partial charge in [0.25, 0.3) is 5.91 Å². The van der Waals surface area contributed by atoms with Crippen molar-refractivity contribution < 1.29 is 19.1 Å². The molecule has 1 N–H and O–H groups in total. The summed E-state index contributed by atoms with van der Waals surface area (Å²) in [6, 6.07) is 9.43. The topological polar surface area (TPSA) is 85.7 Å². The van der Waals surface area contributed by atoms with Crippen molar-refractivity contribution in [3.8, 4) is 11.5 Å². The molecule has 3 heterocycles. The minimum Gasteiger partial charge on any atom is -0.492 e. The van der Waals surface area contributed by atoms with Crippen molar-refractivity contribution in [2.75, 3.05) is 23.9 Å². The highest BCUT2D eigenvalue weighted by Crippen LogP contribution is 2.42. The molecule has 1 aliphatic heterocycles. The Balaban J connectivity index is 1.53. The van der Waals surface area contributed by atoms with Crippen molar-refractivity contribution in [1.29, 1.82) is 0 Å². The van der Waals surface area contributed by atoms with Crippen LogP contribution in [0.4, 0.5) is 11.4 Å². The number of benzene rings is 1. The van der Waals surface area contributed by atoms with Gasteiger partial charge in [-0.25, -0.2) is 0 Å². The van der Waals surface area contributed by atoms with E-state index >= 15 is 0 Å². The maximum atomic E-state index is 13.8. The van der Waals surface area contributed by atoms with Gasteiger partial charge in [-0.1, -0.05) is 32.9 Å². The molecular weight excluding hydrogens is 504 g/mol. The molecule has 0 atom stereocenters. The smallest absolute Gasteiger partial charge is 0.272 e. The minimum atomic E-state index is -0.285. The van der Waals surface area contributed by atoms with Gasteiger partial charge in [0.2, 0.25) is 5.91 Å². The van der Waals surface area contributed by atoms with Gasteiger partial charge in [0, 0.05) is 38.0 Å². The number of pyridine rings is 1. The molecule has 1 aliphatic carbocycles. The van der Waals surface area contributed by atoms with Crippen molar-refractivity contribution in [3.05, 3.63) is 77.4 Å². The molecule has 2 aliphatic rings. The molecule has 0 bridgehead atoms. The van der Waals surface area contributed by atoms with E-state index in [9.17, 15) is 9.59 Å². The van der Waals surface area contributed by atoms with Gasteiger partial charge >= 0.3 is 0 Å². The molecule has 0 saturated carbocycles. The van der Waals surface area contributed by atoms with Crippen LogP contribution in [0.15, 0.2) is 54.9 Å². The largest absolute Gasteiger partial charge is 0.492 e. The third-order valence-electron chi connectivity index (χ3n) is 7.34. The first-order chi connectivity index (χ1) is 19.2. The first-order valence-electron chi connectivity index (χ1n) is 13.7. The number of carbonyl (C=O) groups excluding carboxylic acids is 2. The number of anilines is 2. The van der Waals surface area contributed by atoms with Gasteiger partial charge in [0.1, 0.15) is 17.2 Å². The van der Waals surface area contributed by atoms with Crippen LogP contribution in [-0.4, -0.2) is 35.0 Å². The van der Waals surface area contributed by atoms with Crippen LogP contribution in [-0.2, 0) is 17.3 Å². The molecule has 40 heavy (non-hydrogen) atoms. The Bertz CT molecular complexity index is 1500. The number of fused-ring (bicyclic) bond motifs is 1. The van der Waals surface area contributed by atoms with Crippen LogP contribution in [0.25, 0.3) is 11.8 Å². The fourth-order valence-electron chi connectivity index (χ4n) is 5.17. The minimum absolute atomic E-state index is 0.0689. The van der Waals surface area contributed by atoms with E-state index in [1.165, 1.54) is 0 Å². The van der Waals surface area contributed by atoms with Crippen LogP contribution >= 0.6 is 0 Å². The average Bonchev–Trinajstić information content (AvgIpc) is 3.12. The number of hydrogen-bond donors (Lipinski definition) is 1. The quantitative estimate of drug-likeness (QED) is 0.395. The Morgan fingerprint density at radius 1 is 1.10 bits per heavy atom. The van der Waals surface area contributed by atoms with Crippen LogP contribution in [0.2, 0.25) is 0 Å². The molecule has 8 heteroatoms. The summed E-state index contributed by atoms with van der Waals surface area (Å²) in [7, 11) is 3.43. The van der Waals surface area contributed by atoms with Crippen LogP contribution < -0.4 is 19.7 Å². The standard InChI is InChI=1S/C32H36N4O4/c1-32(2,3)22-19-24(30(39-5)25(20-22)36-17-9-8-12-28(36)37)34-31(38)26-18-21-10-6-7-11-27(29(21)35(26)4)40-23-13-15-33-16-14-23/h6,10-11,13-16,18-20H,7-9,12,17H2,1-5H3,(H,34,38). The molecule has 3 aromatic rings. The van der Waals surface area contributed by atoms with Crippen LogP contribution in [0.5, 0.6) is 11.5 Å². The van der Waals surface area contributed by atoms with E-state index in [-0.39, 0.29) is 17.2 Å².